The quantitative estimate of drug-likeness (QED) is 0.622. The molecule has 0 atom stereocenters. The molecule has 1 aromatic heterocycles. The molecule has 0 bridgehead atoms. The normalized spacial score (nSPS) is 11.5. The maximum Gasteiger partial charge on any atom is 0.417 e. The maximum absolute atomic E-state index is 12.6. The molecule has 10 heteroatoms. The van der Waals surface area contributed by atoms with Crippen molar-refractivity contribution in [2.24, 2.45) is 5.10 Å². The van der Waals surface area contributed by atoms with E-state index in [1.54, 1.807) is 0 Å². The van der Waals surface area contributed by atoms with E-state index in [1.165, 1.54) is 13.3 Å². The highest BCUT2D eigenvalue weighted by Crippen LogP contribution is 2.32. The Bertz CT molecular complexity index is 809. The van der Waals surface area contributed by atoms with Crippen LogP contribution in [0, 0.1) is 6.92 Å². The number of anilines is 1. The first-order chi connectivity index (χ1) is 12.2. The molecule has 0 spiro atoms. The lowest BCUT2D eigenvalue weighted by molar-refractivity contribution is -0.137. The number of urea groups is 1. The van der Waals surface area contributed by atoms with Gasteiger partial charge in [-0.2, -0.15) is 18.3 Å². The number of nitrogens with one attached hydrogen (secondary N) is 2. The Kier molecular flexibility index (Phi) is 6.04. The number of alkyl halides is 3. The topological polar surface area (TPSA) is 69.6 Å². The second-order valence-corrected chi connectivity index (χ2v) is 5.72. The van der Waals surface area contributed by atoms with Crippen molar-refractivity contribution < 1.29 is 18.0 Å². The Morgan fingerprint density at radius 1 is 1.31 bits per heavy atom. The molecule has 0 aliphatic heterocycles. The van der Waals surface area contributed by atoms with Gasteiger partial charge in [0.05, 0.1) is 16.8 Å². The molecule has 2 amide bonds. The van der Waals surface area contributed by atoms with Crippen LogP contribution in [0.3, 0.4) is 0 Å². The van der Waals surface area contributed by atoms with Crippen LogP contribution in [0.2, 0.25) is 5.02 Å². The van der Waals surface area contributed by atoms with Crippen molar-refractivity contribution in [1.82, 2.24) is 15.8 Å². The summed E-state index contributed by atoms with van der Waals surface area (Å²) in [4.78, 5) is 15.4. The first-order valence-electron chi connectivity index (χ1n) is 7.29. The molecule has 0 radical (unpaired) electrons. The van der Waals surface area contributed by atoms with Gasteiger partial charge in [-0.25, -0.2) is 20.6 Å². The molecule has 138 valence electrons. The number of hydrazone groups is 1. The van der Waals surface area contributed by atoms with E-state index in [-0.39, 0.29) is 10.8 Å². The number of benzene rings is 1. The Balaban J connectivity index is 1.95. The number of carbonyl (C=O) groups is 1. The number of aromatic nitrogens is 1. The van der Waals surface area contributed by atoms with Crippen molar-refractivity contribution in [2.75, 3.05) is 12.1 Å². The summed E-state index contributed by atoms with van der Waals surface area (Å²) in [7, 11) is 1.38. The van der Waals surface area contributed by atoms with Crippen LogP contribution in [0.25, 0.3) is 0 Å². The van der Waals surface area contributed by atoms with E-state index in [0.717, 1.165) is 22.2 Å². The number of hydrogen-bond donors (Lipinski definition) is 2. The molecule has 0 fully saturated rings. The Morgan fingerprint density at radius 2 is 1.96 bits per heavy atom. The lowest BCUT2D eigenvalue weighted by Gasteiger charge is -2.20. The summed E-state index contributed by atoms with van der Waals surface area (Å²) in [6.07, 6.45) is -2.47. The van der Waals surface area contributed by atoms with Crippen molar-refractivity contribution in [3.8, 4) is 0 Å². The molecule has 1 aromatic carbocycles. The number of aryl methyl sites for hydroxylation is 1. The van der Waals surface area contributed by atoms with Gasteiger partial charge in [-0.3, -0.25) is 5.01 Å². The first-order valence-corrected chi connectivity index (χ1v) is 7.67. The van der Waals surface area contributed by atoms with Crippen molar-refractivity contribution in [2.45, 2.75) is 13.1 Å². The third-order valence-electron chi connectivity index (χ3n) is 3.19. The SMILES string of the molecule is Cc1ccc(C=NNC(=O)NN(C)c2ncc(C(F)(F)F)cc2Cl)cc1. The van der Waals surface area contributed by atoms with Gasteiger partial charge in [0.1, 0.15) is 0 Å². The first kappa shape index (κ1) is 19.5. The van der Waals surface area contributed by atoms with Crippen molar-refractivity contribution in [3.05, 3.63) is 58.2 Å². The van der Waals surface area contributed by atoms with Crippen LogP contribution >= 0.6 is 11.6 Å². The number of rotatable bonds is 4. The van der Waals surface area contributed by atoms with Crippen LogP contribution < -0.4 is 15.9 Å². The van der Waals surface area contributed by atoms with Gasteiger partial charge in [0, 0.05) is 13.2 Å². The van der Waals surface area contributed by atoms with Gasteiger partial charge >= 0.3 is 12.2 Å². The number of hydrogen-bond acceptors (Lipinski definition) is 4. The highest BCUT2D eigenvalue weighted by molar-refractivity contribution is 6.33. The predicted octanol–water partition coefficient (Wildman–Crippen LogP) is 3.75. The zero-order valence-electron chi connectivity index (χ0n) is 13.8. The minimum absolute atomic E-state index is 0.0441. The highest BCUT2D eigenvalue weighted by Gasteiger charge is 2.32. The lowest BCUT2D eigenvalue weighted by Crippen LogP contribution is -2.44. The zero-order valence-corrected chi connectivity index (χ0v) is 14.6. The van der Waals surface area contributed by atoms with E-state index < -0.39 is 17.8 Å². The summed E-state index contributed by atoms with van der Waals surface area (Å²) in [5.41, 5.74) is 5.46. The second-order valence-electron chi connectivity index (χ2n) is 5.31. The summed E-state index contributed by atoms with van der Waals surface area (Å²) in [5.74, 6) is -0.0441. The monoisotopic (exact) mass is 385 g/mol. The van der Waals surface area contributed by atoms with E-state index in [4.69, 9.17) is 11.6 Å². The van der Waals surface area contributed by atoms with Crippen molar-refractivity contribution in [3.63, 3.8) is 0 Å². The third kappa shape index (κ3) is 5.35. The molecule has 2 aromatic rings. The third-order valence-corrected chi connectivity index (χ3v) is 3.47. The van der Waals surface area contributed by atoms with E-state index in [9.17, 15) is 18.0 Å². The van der Waals surface area contributed by atoms with Crippen LogP contribution in [-0.2, 0) is 6.18 Å². The van der Waals surface area contributed by atoms with Crippen LogP contribution in [0.1, 0.15) is 16.7 Å². The smallest absolute Gasteiger partial charge is 0.269 e. The second kappa shape index (κ2) is 8.05. The lowest BCUT2D eigenvalue weighted by atomic mass is 10.2. The molecule has 2 rings (SSSR count). The molecule has 26 heavy (non-hydrogen) atoms. The molecular formula is C16H15ClF3N5O. The fraction of sp³-hybridized carbons (Fsp3) is 0.188. The summed E-state index contributed by atoms with van der Waals surface area (Å²) in [5, 5.41) is 4.59. The van der Waals surface area contributed by atoms with Gasteiger partial charge in [-0.15, -0.1) is 0 Å². The predicted molar refractivity (Wildman–Crippen MR) is 93.1 cm³/mol. The number of amides is 2. The molecule has 0 unspecified atom stereocenters. The molecule has 6 nitrogen and oxygen atoms in total. The molecule has 0 saturated carbocycles. The van der Waals surface area contributed by atoms with Crippen LogP contribution in [0.5, 0.6) is 0 Å². The molecule has 0 aliphatic carbocycles. The Hall–Kier alpha value is -2.81. The maximum atomic E-state index is 12.6. The van der Waals surface area contributed by atoms with E-state index in [1.807, 2.05) is 31.2 Å². The average molecular weight is 386 g/mol. The average Bonchev–Trinajstić information content (AvgIpc) is 2.55. The number of nitrogens with zero attached hydrogens (tertiary/aromatic N) is 3. The molecule has 1 heterocycles. The van der Waals surface area contributed by atoms with Gasteiger partial charge in [0.25, 0.3) is 0 Å². The van der Waals surface area contributed by atoms with Crippen molar-refractivity contribution >= 4 is 29.7 Å². The van der Waals surface area contributed by atoms with E-state index >= 15 is 0 Å². The van der Waals surface area contributed by atoms with Gasteiger partial charge in [0.2, 0.25) is 0 Å². The van der Waals surface area contributed by atoms with Gasteiger partial charge in [-0.05, 0) is 18.6 Å². The molecule has 0 saturated heterocycles. The number of halogens is 4. The summed E-state index contributed by atoms with van der Waals surface area (Å²) in [6.45, 7) is 1.95. The molecule has 2 N–H and O–H groups in total. The van der Waals surface area contributed by atoms with Crippen LogP contribution in [-0.4, -0.2) is 24.3 Å². The number of pyridine rings is 1. The Labute approximate surface area is 152 Å². The highest BCUT2D eigenvalue weighted by atomic mass is 35.5. The fourth-order valence-corrected chi connectivity index (χ4v) is 2.17. The van der Waals surface area contributed by atoms with E-state index in [0.29, 0.717) is 6.20 Å². The minimum Gasteiger partial charge on any atom is -0.269 e. The van der Waals surface area contributed by atoms with Gasteiger partial charge < -0.3 is 0 Å². The number of carbonyl (C=O) groups excluding carboxylic acids is 1. The van der Waals surface area contributed by atoms with Gasteiger partial charge in [0.15, 0.2) is 5.82 Å². The van der Waals surface area contributed by atoms with Crippen LogP contribution in [0.4, 0.5) is 23.8 Å². The summed E-state index contributed by atoms with van der Waals surface area (Å²) in [6, 6.07) is 7.47. The number of hydrazine groups is 1. The van der Waals surface area contributed by atoms with Gasteiger partial charge in [-0.1, -0.05) is 41.4 Å². The summed E-state index contributed by atoms with van der Waals surface area (Å²) < 4.78 is 37.8. The molecular weight excluding hydrogens is 371 g/mol. The largest absolute Gasteiger partial charge is 0.417 e. The summed E-state index contributed by atoms with van der Waals surface area (Å²) >= 11 is 5.81. The minimum atomic E-state index is -4.55. The van der Waals surface area contributed by atoms with E-state index in [2.05, 4.69) is 20.9 Å². The Morgan fingerprint density at radius 3 is 2.54 bits per heavy atom. The fourth-order valence-electron chi connectivity index (χ4n) is 1.88. The zero-order chi connectivity index (χ0) is 19.3. The molecule has 0 aliphatic rings. The standard InChI is InChI=1S/C16H15ClF3N5O/c1-10-3-5-11(6-4-10)8-22-23-15(26)24-25(2)14-13(17)7-12(9-21-14)16(18,19)20/h3-9H,1-2H3,(H2,23,24,26). The van der Waals surface area contributed by atoms with Crippen molar-refractivity contribution in [1.29, 1.82) is 0 Å². The van der Waals surface area contributed by atoms with Crippen LogP contribution in [0.15, 0.2) is 41.6 Å².